The SMILES string of the molecule is Cc1csc(C(C)NC(=O)NC(C)(C)C)n1. The van der Waals surface area contributed by atoms with Crippen molar-refractivity contribution < 1.29 is 4.79 Å². The van der Waals surface area contributed by atoms with Gasteiger partial charge in [0, 0.05) is 16.6 Å². The van der Waals surface area contributed by atoms with Gasteiger partial charge in [-0.3, -0.25) is 0 Å². The molecule has 0 saturated heterocycles. The molecule has 0 bridgehead atoms. The van der Waals surface area contributed by atoms with E-state index in [1.807, 2.05) is 40.0 Å². The standard InChI is InChI=1S/C11H19N3OS/c1-7-6-16-9(12-7)8(2)13-10(15)14-11(3,4)5/h6,8H,1-5H3,(H2,13,14,15). The number of hydrogen-bond donors (Lipinski definition) is 2. The summed E-state index contributed by atoms with van der Waals surface area (Å²) in [6.07, 6.45) is 0. The topological polar surface area (TPSA) is 54.0 Å². The fourth-order valence-corrected chi connectivity index (χ4v) is 2.01. The Kier molecular flexibility index (Phi) is 3.91. The van der Waals surface area contributed by atoms with Gasteiger partial charge in [-0.15, -0.1) is 11.3 Å². The van der Waals surface area contributed by atoms with Crippen molar-refractivity contribution in [1.29, 1.82) is 0 Å². The van der Waals surface area contributed by atoms with Crippen molar-refractivity contribution in [2.75, 3.05) is 0 Å². The van der Waals surface area contributed by atoms with Crippen LogP contribution in [0.1, 0.15) is 44.4 Å². The van der Waals surface area contributed by atoms with Crippen molar-refractivity contribution in [1.82, 2.24) is 15.6 Å². The molecule has 90 valence electrons. The molecule has 0 spiro atoms. The molecule has 1 rings (SSSR count). The Hall–Kier alpha value is -1.10. The van der Waals surface area contributed by atoms with Crippen LogP contribution in [0.4, 0.5) is 4.79 Å². The summed E-state index contributed by atoms with van der Waals surface area (Å²) in [4.78, 5) is 15.9. The van der Waals surface area contributed by atoms with E-state index in [1.54, 1.807) is 11.3 Å². The average Bonchev–Trinajstić information content (AvgIpc) is 2.47. The highest BCUT2D eigenvalue weighted by molar-refractivity contribution is 7.09. The Morgan fingerprint density at radius 3 is 2.56 bits per heavy atom. The molecule has 1 aromatic rings. The summed E-state index contributed by atoms with van der Waals surface area (Å²) in [5.41, 5.74) is 0.771. The molecule has 0 radical (unpaired) electrons. The minimum absolute atomic E-state index is 0.0546. The molecule has 0 aliphatic rings. The first-order chi connectivity index (χ1) is 7.28. The van der Waals surface area contributed by atoms with Crippen LogP contribution < -0.4 is 10.6 Å². The van der Waals surface area contributed by atoms with Crippen LogP contribution in [0.5, 0.6) is 0 Å². The van der Waals surface area contributed by atoms with Gasteiger partial charge in [0.2, 0.25) is 0 Å². The molecule has 16 heavy (non-hydrogen) atoms. The summed E-state index contributed by atoms with van der Waals surface area (Å²) in [7, 11) is 0. The second-order valence-electron chi connectivity index (χ2n) is 4.90. The molecular formula is C11H19N3OS. The highest BCUT2D eigenvalue weighted by Crippen LogP contribution is 2.17. The first-order valence-corrected chi connectivity index (χ1v) is 6.16. The average molecular weight is 241 g/mol. The lowest BCUT2D eigenvalue weighted by Gasteiger charge is -2.22. The molecule has 0 aliphatic heterocycles. The number of aromatic nitrogens is 1. The van der Waals surface area contributed by atoms with Gasteiger partial charge in [-0.1, -0.05) is 0 Å². The highest BCUT2D eigenvalue weighted by atomic mass is 32.1. The quantitative estimate of drug-likeness (QED) is 0.836. The van der Waals surface area contributed by atoms with E-state index in [1.165, 1.54) is 0 Å². The summed E-state index contributed by atoms with van der Waals surface area (Å²) in [5.74, 6) is 0. The van der Waals surface area contributed by atoms with Crippen LogP contribution in [0.2, 0.25) is 0 Å². The number of urea groups is 1. The number of carbonyl (C=O) groups is 1. The molecule has 0 aromatic carbocycles. The van der Waals surface area contributed by atoms with Gasteiger partial charge in [0.1, 0.15) is 5.01 Å². The molecule has 1 atom stereocenters. The van der Waals surface area contributed by atoms with E-state index in [0.29, 0.717) is 0 Å². The van der Waals surface area contributed by atoms with Gasteiger partial charge in [0.05, 0.1) is 6.04 Å². The molecule has 1 aromatic heterocycles. The predicted molar refractivity (Wildman–Crippen MR) is 66.7 cm³/mol. The lowest BCUT2D eigenvalue weighted by atomic mass is 10.1. The van der Waals surface area contributed by atoms with Crippen molar-refractivity contribution in [2.24, 2.45) is 0 Å². The fraction of sp³-hybridized carbons (Fsp3) is 0.636. The number of carbonyl (C=O) groups excluding carboxylic acids is 1. The van der Waals surface area contributed by atoms with Crippen molar-refractivity contribution in [3.63, 3.8) is 0 Å². The normalized spacial score (nSPS) is 13.3. The molecule has 4 nitrogen and oxygen atoms in total. The molecule has 0 fully saturated rings. The zero-order chi connectivity index (χ0) is 12.3. The Balaban J connectivity index is 2.52. The molecule has 5 heteroatoms. The van der Waals surface area contributed by atoms with E-state index >= 15 is 0 Å². The second kappa shape index (κ2) is 4.82. The zero-order valence-electron chi connectivity index (χ0n) is 10.4. The first-order valence-electron chi connectivity index (χ1n) is 5.28. The van der Waals surface area contributed by atoms with Gasteiger partial charge < -0.3 is 10.6 Å². The maximum atomic E-state index is 11.6. The van der Waals surface area contributed by atoms with Gasteiger partial charge in [0.25, 0.3) is 0 Å². The minimum atomic E-state index is -0.220. The number of thiazole rings is 1. The van der Waals surface area contributed by atoms with E-state index in [2.05, 4.69) is 15.6 Å². The Morgan fingerprint density at radius 2 is 2.12 bits per heavy atom. The van der Waals surface area contributed by atoms with Crippen molar-refractivity contribution >= 4 is 17.4 Å². The maximum Gasteiger partial charge on any atom is 0.315 e. The predicted octanol–water partition coefficient (Wildman–Crippen LogP) is 2.61. The Bertz CT molecular complexity index is 368. The van der Waals surface area contributed by atoms with E-state index in [-0.39, 0.29) is 17.6 Å². The van der Waals surface area contributed by atoms with E-state index in [4.69, 9.17) is 0 Å². The van der Waals surface area contributed by atoms with Crippen molar-refractivity contribution in [3.8, 4) is 0 Å². The Morgan fingerprint density at radius 1 is 1.50 bits per heavy atom. The minimum Gasteiger partial charge on any atom is -0.334 e. The van der Waals surface area contributed by atoms with Crippen molar-refractivity contribution in [2.45, 2.75) is 46.2 Å². The molecule has 1 heterocycles. The van der Waals surface area contributed by atoms with E-state index in [0.717, 1.165) is 10.7 Å². The van der Waals surface area contributed by atoms with Gasteiger partial charge in [-0.25, -0.2) is 9.78 Å². The lowest BCUT2D eigenvalue weighted by molar-refractivity contribution is 0.229. The molecule has 0 aliphatic carbocycles. The number of aryl methyl sites for hydroxylation is 1. The zero-order valence-corrected chi connectivity index (χ0v) is 11.2. The van der Waals surface area contributed by atoms with Crippen LogP contribution in [-0.4, -0.2) is 16.6 Å². The second-order valence-corrected chi connectivity index (χ2v) is 5.79. The van der Waals surface area contributed by atoms with Crippen LogP contribution in [0.25, 0.3) is 0 Å². The summed E-state index contributed by atoms with van der Waals surface area (Å²) in [6.45, 7) is 9.73. The van der Waals surface area contributed by atoms with E-state index < -0.39 is 0 Å². The largest absolute Gasteiger partial charge is 0.334 e. The van der Waals surface area contributed by atoms with Crippen molar-refractivity contribution in [3.05, 3.63) is 16.1 Å². The number of nitrogens with zero attached hydrogens (tertiary/aromatic N) is 1. The van der Waals surface area contributed by atoms with E-state index in [9.17, 15) is 4.79 Å². The smallest absolute Gasteiger partial charge is 0.315 e. The summed E-state index contributed by atoms with van der Waals surface area (Å²) >= 11 is 1.56. The lowest BCUT2D eigenvalue weighted by Crippen LogP contribution is -2.47. The van der Waals surface area contributed by atoms with Crippen LogP contribution in [-0.2, 0) is 0 Å². The molecule has 2 N–H and O–H groups in total. The van der Waals surface area contributed by atoms with Crippen LogP contribution >= 0.6 is 11.3 Å². The number of nitrogens with one attached hydrogen (secondary N) is 2. The van der Waals surface area contributed by atoms with Gasteiger partial charge in [-0.2, -0.15) is 0 Å². The number of amides is 2. The molecule has 1 unspecified atom stereocenters. The molecular weight excluding hydrogens is 222 g/mol. The Labute approximate surface area is 100 Å². The third-order valence-electron chi connectivity index (χ3n) is 1.84. The number of hydrogen-bond acceptors (Lipinski definition) is 3. The highest BCUT2D eigenvalue weighted by Gasteiger charge is 2.17. The summed E-state index contributed by atoms with van der Waals surface area (Å²) < 4.78 is 0. The van der Waals surface area contributed by atoms with Crippen LogP contribution in [0, 0.1) is 6.92 Å². The summed E-state index contributed by atoms with van der Waals surface area (Å²) in [6, 6.07) is -0.214. The third-order valence-corrected chi connectivity index (χ3v) is 2.99. The van der Waals surface area contributed by atoms with Gasteiger partial charge in [0.15, 0.2) is 0 Å². The van der Waals surface area contributed by atoms with Crippen LogP contribution in [0.15, 0.2) is 5.38 Å². The molecule has 2 amide bonds. The van der Waals surface area contributed by atoms with Crippen LogP contribution in [0.3, 0.4) is 0 Å². The monoisotopic (exact) mass is 241 g/mol. The number of rotatable bonds is 2. The molecule has 0 saturated carbocycles. The first kappa shape index (κ1) is 13.0. The fourth-order valence-electron chi connectivity index (χ4n) is 1.21. The van der Waals surface area contributed by atoms with Gasteiger partial charge >= 0.3 is 6.03 Å². The maximum absolute atomic E-state index is 11.6. The third kappa shape index (κ3) is 4.18. The summed E-state index contributed by atoms with van der Waals surface area (Å²) in [5, 5.41) is 8.63. The van der Waals surface area contributed by atoms with Gasteiger partial charge in [-0.05, 0) is 34.6 Å².